The van der Waals surface area contributed by atoms with Crippen molar-refractivity contribution in [3.8, 4) is 28.3 Å². The zero-order valence-electron chi connectivity index (χ0n) is 20.2. The molecule has 0 unspecified atom stereocenters. The van der Waals surface area contributed by atoms with Gasteiger partial charge in [-0.25, -0.2) is 9.97 Å². The summed E-state index contributed by atoms with van der Waals surface area (Å²) in [7, 11) is 0. The summed E-state index contributed by atoms with van der Waals surface area (Å²) in [6.07, 6.45) is 1.64. The molecule has 1 aromatic carbocycles. The number of ketones is 1. The largest absolute Gasteiger partial charge is 0.474 e. The van der Waals surface area contributed by atoms with E-state index >= 15 is 0 Å². The summed E-state index contributed by atoms with van der Waals surface area (Å²) >= 11 is 0. The van der Waals surface area contributed by atoms with E-state index in [1.807, 2.05) is 47.0 Å². The fraction of sp³-hybridized carbons (Fsp3) is 0.321. The smallest absolute Gasteiger partial charge is 0.389 e. The average Bonchev–Trinajstić information content (AvgIpc) is 3.32. The predicted molar refractivity (Wildman–Crippen MR) is 134 cm³/mol. The van der Waals surface area contributed by atoms with Crippen molar-refractivity contribution in [1.82, 2.24) is 19.7 Å². The monoisotopic (exact) mass is 508 g/mol. The summed E-state index contributed by atoms with van der Waals surface area (Å²) in [4.78, 5) is 21.1. The molecule has 1 N–H and O–H groups in total. The van der Waals surface area contributed by atoms with E-state index in [4.69, 9.17) is 4.74 Å². The number of hydrogen-bond acceptors (Lipinski definition) is 5. The van der Waals surface area contributed by atoms with Crippen molar-refractivity contribution in [2.24, 2.45) is 0 Å². The van der Waals surface area contributed by atoms with Crippen LogP contribution in [0.25, 0.3) is 28.0 Å². The van der Waals surface area contributed by atoms with Gasteiger partial charge in [0.25, 0.3) is 0 Å². The van der Waals surface area contributed by atoms with Gasteiger partial charge >= 0.3 is 6.18 Å². The first-order valence-electron chi connectivity index (χ1n) is 12.3. The number of imidazole rings is 1. The van der Waals surface area contributed by atoms with E-state index in [0.717, 1.165) is 54.0 Å². The number of hydrogen-bond donors (Lipinski definition) is 1. The van der Waals surface area contributed by atoms with Gasteiger partial charge in [-0.3, -0.25) is 9.20 Å². The number of ether oxygens (including phenoxy) is 1. The van der Waals surface area contributed by atoms with Crippen molar-refractivity contribution in [3.63, 3.8) is 0 Å². The van der Waals surface area contributed by atoms with Gasteiger partial charge in [-0.15, -0.1) is 0 Å². The molecule has 3 aromatic heterocycles. The number of halogens is 3. The highest BCUT2D eigenvalue weighted by Gasteiger charge is 2.27. The first-order chi connectivity index (χ1) is 17.8. The van der Waals surface area contributed by atoms with Crippen LogP contribution in [0.4, 0.5) is 13.2 Å². The lowest BCUT2D eigenvalue weighted by molar-refractivity contribution is -0.143. The Morgan fingerprint density at radius 1 is 1.00 bits per heavy atom. The fourth-order valence-electron chi connectivity index (χ4n) is 4.52. The molecule has 0 atom stereocenters. The number of Topliss-reactive ketones (excluding diaryl/α,β-unsaturated/α-hetero) is 1. The quantitative estimate of drug-likeness (QED) is 0.333. The Morgan fingerprint density at radius 2 is 1.84 bits per heavy atom. The van der Waals surface area contributed by atoms with Gasteiger partial charge in [-0.05, 0) is 61.3 Å². The predicted octanol–water partition coefficient (Wildman–Crippen LogP) is 5.65. The summed E-state index contributed by atoms with van der Waals surface area (Å²) in [5.41, 5.74) is 5.00. The van der Waals surface area contributed by atoms with Crippen molar-refractivity contribution < 1.29 is 22.7 Å². The van der Waals surface area contributed by atoms with Gasteiger partial charge in [0.05, 0.1) is 18.3 Å². The van der Waals surface area contributed by atoms with E-state index in [1.54, 1.807) is 24.5 Å². The standard InChI is InChI=1S/C28H27F3N4O2/c29-28(30,31)10-6-23(36)15-19-2-1-3-21(14-19)25-18-33-26-16-20(9-13-35(25)26)22-4-5-27(34-17-22)37-24-7-11-32-12-8-24/h1-5,9,13-14,16-18,24,32H,6-8,10-12,15H2. The highest BCUT2D eigenvalue weighted by atomic mass is 19.4. The summed E-state index contributed by atoms with van der Waals surface area (Å²) in [6.45, 7) is 1.92. The molecule has 0 radical (unpaired) electrons. The number of carbonyl (C=O) groups excluding carboxylic acids is 1. The second-order valence-corrected chi connectivity index (χ2v) is 9.27. The van der Waals surface area contributed by atoms with E-state index in [0.29, 0.717) is 11.4 Å². The first-order valence-corrected chi connectivity index (χ1v) is 12.3. The number of pyridine rings is 2. The SMILES string of the molecule is O=C(CCC(F)(F)F)Cc1cccc(-c2cnc3cc(-c4ccc(OC5CCNCC5)nc4)ccn23)c1. The number of nitrogens with zero attached hydrogens (tertiary/aromatic N) is 3. The number of rotatable bonds is 8. The van der Waals surface area contributed by atoms with Gasteiger partial charge in [0.1, 0.15) is 17.5 Å². The van der Waals surface area contributed by atoms with Crippen LogP contribution in [-0.2, 0) is 11.2 Å². The molecule has 0 bridgehead atoms. The molecule has 192 valence electrons. The minimum Gasteiger partial charge on any atom is -0.474 e. The summed E-state index contributed by atoms with van der Waals surface area (Å²) in [5, 5.41) is 3.32. The fourth-order valence-corrected chi connectivity index (χ4v) is 4.52. The molecular weight excluding hydrogens is 481 g/mol. The summed E-state index contributed by atoms with van der Waals surface area (Å²) < 4.78 is 45.2. The van der Waals surface area contributed by atoms with Crippen LogP contribution in [0.5, 0.6) is 5.88 Å². The Bertz CT molecular complexity index is 1380. The molecule has 5 rings (SSSR count). The van der Waals surface area contributed by atoms with Gasteiger partial charge < -0.3 is 10.1 Å². The molecule has 0 aliphatic carbocycles. The van der Waals surface area contributed by atoms with E-state index < -0.39 is 24.8 Å². The minimum atomic E-state index is -4.33. The van der Waals surface area contributed by atoms with Crippen LogP contribution in [0.1, 0.15) is 31.2 Å². The molecule has 9 heteroatoms. The maximum absolute atomic E-state index is 12.4. The molecule has 1 aliphatic heterocycles. The Hall–Kier alpha value is -3.72. The minimum absolute atomic E-state index is 0.0326. The number of alkyl halides is 3. The highest BCUT2D eigenvalue weighted by molar-refractivity contribution is 5.81. The third kappa shape index (κ3) is 6.35. The van der Waals surface area contributed by atoms with Crippen molar-refractivity contribution in [2.75, 3.05) is 13.1 Å². The molecule has 0 spiro atoms. The number of piperidine rings is 1. The molecule has 37 heavy (non-hydrogen) atoms. The van der Waals surface area contributed by atoms with Gasteiger partial charge in [-0.2, -0.15) is 13.2 Å². The van der Waals surface area contributed by atoms with E-state index in [1.165, 1.54) is 0 Å². The van der Waals surface area contributed by atoms with Crippen LogP contribution in [0.15, 0.2) is 67.1 Å². The Kier molecular flexibility index (Phi) is 7.23. The number of aromatic nitrogens is 3. The Morgan fingerprint density at radius 3 is 2.59 bits per heavy atom. The summed E-state index contributed by atoms with van der Waals surface area (Å²) in [6, 6.07) is 15.1. The van der Waals surface area contributed by atoms with Crippen LogP contribution in [0.2, 0.25) is 0 Å². The topological polar surface area (TPSA) is 68.5 Å². The van der Waals surface area contributed by atoms with E-state index in [9.17, 15) is 18.0 Å². The number of fused-ring (bicyclic) bond motifs is 1. The molecule has 4 aromatic rings. The van der Waals surface area contributed by atoms with Gasteiger partial charge in [0.15, 0.2) is 0 Å². The van der Waals surface area contributed by atoms with Crippen LogP contribution in [-0.4, -0.2) is 45.5 Å². The molecule has 4 heterocycles. The highest BCUT2D eigenvalue weighted by Crippen LogP contribution is 2.27. The Balaban J connectivity index is 1.30. The molecule has 0 amide bonds. The van der Waals surface area contributed by atoms with Crippen molar-refractivity contribution >= 4 is 11.4 Å². The second kappa shape index (κ2) is 10.7. The van der Waals surface area contributed by atoms with Gasteiger partial charge in [-0.1, -0.05) is 18.2 Å². The maximum Gasteiger partial charge on any atom is 0.389 e. The van der Waals surface area contributed by atoms with Crippen molar-refractivity contribution in [1.29, 1.82) is 0 Å². The lowest BCUT2D eigenvalue weighted by Gasteiger charge is -2.23. The number of nitrogens with one attached hydrogen (secondary N) is 1. The van der Waals surface area contributed by atoms with Crippen molar-refractivity contribution in [2.45, 2.75) is 44.4 Å². The first kappa shape index (κ1) is 25.0. The molecule has 0 saturated carbocycles. The number of benzene rings is 1. The van der Waals surface area contributed by atoms with E-state index in [2.05, 4.69) is 15.3 Å². The van der Waals surface area contributed by atoms with Crippen molar-refractivity contribution in [3.05, 3.63) is 72.7 Å². The third-order valence-electron chi connectivity index (χ3n) is 6.47. The molecular formula is C28H27F3N4O2. The van der Waals surface area contributed by atoms with E-state index in [-0.39, 0.29) is 12.5 Å². The molecule has 6 nitrogen and oxygen atoms in total. The molecule has 1 aliphatic rings. The zero-order valence-corrected chi connectivity index (χ0v) is 20.2. The van der Waals surface area contributed by atoms with Gasteiger partial charge in [0, 0.05) is 42.4 Å². The molecule has 1 fully saturated rings. The Labute approximate surface area is 212 Å². The molecule has 1 saturated heterocycles. The normalized spacial score (nSPS) is 14.7. The van der Waals surface area contributed by atoms with Gasteiger partial charge in [0.2, 0.25) is 5.88 Å². The van der Waals surface area contributed by atoms with Crippen LogP contribution >= 0.6 is 0 Å². The maximum atomic E-state index is 12.4. The lowest BCUT2D eigenvalue weighted by atomic mass is 10.0. The zero-order chi connectivity index (χ0) is 25.8. The third-order valence-corrected chi connectivity index (χ3v) is 6.47. The van der Waals surface area contributed by atoms with Crippen LogP contribution < -0.4 is 10.1 Å². The van der Waals surface area contributed by atoms with Crippen LogP contribution in [0.3, 0.4) is 0 Å². The number of carbonyl (C=O) groups is 1. The lowest BCUT2D eigenvalue weighted by Crippen LogP contribution is -2.34. The second-order valence-electron chi connectivity index (χ2n) is 9.27. The summed E-state index contributed by atoms with van der Waals surface area (Å²) in [5.74, 6) is 0.189. The van der Waals surface area contributed by atoms with Crippen LogP contribution in [0, 0.1) is 0 Å². The average molecular weight is 509 g/mol.